The highest BCUT2D eigenvalue weighted by atomic mass is 16.7. The summed E-state index contributed by atoms with van der Waals surface area (Å²) >= 11 is 0. The molecule has 4 rings (SSSR count). The van der Waals surface area contributed by atoms with E-state index in [-0.39, 0.29) is 24.9 Å². The highest BCUT2D eigenvalue weighted by Gasteiger charge is 2.45. The number of aliphatic hydroxyl groups excluding tert-OH is 4. The average Bonchev–Trinajstić information content (AvgIpc) is 3.37. The Balaban J connectivity index is 1.67. The van der Waals surface area contributed by atoms with Gasteiger partial charge in [0.15, 0.2) is 29.3 Å². The van der Waals surface area contributed by atoms with Crippen molar-refractivity contribution < 1.29 is 49.2 Å². The van der Waals surface area contributed by atoms with E-state index < -0.39 is 37.3 Å². The lowest BCUT2D eigenvalue weighted by atomic mass is 9.90. The standard InChI is InChI=1S/C25H32O10/c1-31-18-10-14(5-6-17(18)28)23-16(12-33-25-22(30)21(29)20(11-27)34-25)15-8-13(4-3-7-26)9-19(32-2)24(15)35-23/h5-6,8-10,16,20-23,25-30H,3-4,7,11-12H2,1-2H3/t16-,20+,21+,22-,23-,25+/m0/s1. The van der Waals surface area contributed by atoms with Gasteiger partial charge in [-0.3, -0.25) is 0 Å². The SMILES string of the molecule is COc1cc([C@@H]2Oc3c(OC)cc(CCCO)cc3[C@@H]2CO[C@@H]2O[C@H](CO)[C@@H](O)[C@@H]2O)ccc1O. The number of fused-ring (bicyclic) bond motifs is 1. The lowest BCUT2D eigenvalue weighted by Gasteiger charge is -2.23. The first kappa shape index (κ1) is 25.5. The number of phenolic OH excluding ortho intramolecular Hbond substituents is 1. The zero-order valence-corrected chi connectivity index (χ0v) is 19.7. The number of hydrogen-bond donors (Lipinski definition) is 5. The Morgan fingerprint density at radius 2 is 1.74 bits per heavy atom. The van der Waals surface area contributed by atoms with E-state index in [2.05, 4.69) is 0 Å². The lowest BCUT2D eigenvalue weighted by molar-refractivity contribution is -0.173. The summed E-state index contributed by atoms with van der Waals surface area (Å²) in [6.07, 6.45) is -3.96. The number of aryl methyl sites for hydroxylation is 1. The lowest BCUT2D eigenvalue weighted by Crippen LogP contribution is -2.35. The van der Waals surface area contributed by atoms with Crippen LogP contribution in [0.25, 0.3) is 0 Å². The van der Waals surface area contributed by atoms with Crippen LogP contribution in [-0.2, 0) is 15.9 Å². The summed E-state index contributed by atoms with van der Waals surface area (Å²) in [5.41, 5.74) is 2.51. The smallest absolute Gasteiger partial charge is 0.186 e. The largest absolute Gasteiger partial charge is 0.504 e. The Morgan fingerprint density at radius 3 is 2.40 bits per heavy atom. The van der Waals surface area contributed by atoms with Gasteiger partial charge in [-0.15, -0.1) is 0 Å². The molecule has 6 atom stereocenters. The molecular formula is C25H32O10. The van der Waals surface area contributed by atoms with Crippen LogP contribution in [0.15, 0.2) is 30.3 Å². The predicted molar refractivity (Wildman–Crippen MR) is 123 cm³/mol. The molecule has 2 heterocycles. The van der Waals surface area contributed by atoms with Gasteiger partial charge in [0.25, 0.3) is 0 Å². The molecule has 0 aromatic heterocycles. The molecule has 35 heavy (non-hydrogen) atoms. The van der Waals surface area contributed by atoms with Crippen molar-refractivity contribution in [1.29, 1.82) is 0 Å². The second-order valence-corrected chi connectivity index (χ2v) is 8.66. The van der Waals surface area contributed by atoms with Crippen molar-refractivity contribution in [1.82, 2.24) is 0 Å². The molecule has 2 aromatic carbocycles. The minimum absolute atomic E-state index is 0.00468. The maximum Gasteiger partial charge on any atom is 0.186 e. The molecule has 1 fully saturated rings. The molecule has 1 saturated heterocycles. The number of hydrogen-bond acceptors (Lipinski definition) is 10. The Kier molecular flexibility index (Phi) is 8.00. The fourth-order valence-electron chi connectivity index (χ4n) is 4.59. The maximum absolute atomic E-state index is 10.3. The van der Waals surface area contributed by atoms with E-state index in [0.717, 1.165) is 16.7 Å². The van der Waals surface area contributed by atoms with Gasteiger partial charge in [0.05, 0.1) is 33.4 Å². The van der Waals surface area contributed by atoms with E-state index in [4.69, 9.17) is 23.7 Å². The molecule has 10 heteroatoms. The molecule has 0 spiro atoms. The van der Waals surface area contributed by atoms with Gasteiger partial charge in [-0.25, -0.2) is 0 Å². The Morgan fingerprint density at radius 1 is 0.971 bits per heavy atom. The summed E-state index contributed by atoms with van der Waals surface area (Å²) in [6.45, 7) is -0.335. The van der Waals surface area contributed by atoms with E-state index in [0.29, 0.717) is 30.1 Å². The van der Waals surface area contributed by atoms with Crippen LogP contribution in [0.2, 0.25) is 0 Å². The molecule has 0 bridgehead atoms. The quantitative estimate of drug-likeness (QED) is 0.325. The number of phenols is 1. The Bertz CT molecular complexity index is 1010. The van der Waals surface area contributed by atoms with Crippen molar-refractivity contribution in [3.63, 3.8) is 0 Å². The molecule has 0 unspecified atom stereocenters. The molecule has 2 aromatic rings. The third kappa shape index (κ3) is 5.04. The van der Waals surface area contributed by atoms with Crippen LogP contribution in [-0.4, -0.2) is 84.2 Å². The van der Waals surface area contributed by atoms with E-state index in [9.17, 15) is 25.5 Å². The van der Waals surface area contributed by atoms with Gasteiger partial charge in [0.2, 0.25) is 0 Å². The molecule has 2 aliphatic rings. The fraction of sp³-hybridized carbons (Fsp3) is 0.520. The van der Waals surface area contributed by atoms with Crippen molar-refractivity contribution in [3.8, 4) is 23.0 Å². The minimum Gasteiger partial charge on any atom is -0.504 e. The molecule has 10 nitrogen and oxygen atoms in total. The van der Waals surface area contributed by atoms with E-state index >= 15 is 0 Å². The van der Waals surface area contributed by atoms with Gasteiger partial charge in [0, 0.05) is 12.2 Å². The second kappa shape index (κ2) is 11.0. The molecule has 0 aliphatic carbocycles. The zero-order chi connectivity index (χ0) is 25.1. The number of ether oxygens (including phenoxy) is 5. The molecule has 192 valence electrons. The Labute approximate surface area is 203 Å². The molecule has 0 amide bonds. The van der Waals surface area contributed by atoms with Crippen LogP contribution in [0.3, 0.4) is 0 Å². The van der Waals surface area contributed by atoms with E-state index in [1.54, 1.807) is 19.2 Å². The first-order valence-corrected chi connectivity index (χ1v) is 11.5. The predicted octanol–water partition coefficient (Wildman–Crippen LogP) is 1.01. The summed E-state index contributed by atoms with van der Waals surface area (Å²) in [5, 5.41) is 49.1. The van der Waals surface area contributed by atoms with Crippen LogP contribution < -0.4 is 14.2 Å². The van der Waals surface area contributed by atoms with Crippen molar-refractivity contribution in [2.75, 3.05) is 34.0 Å². The number of methoxy groups -OCH3 is 2. The van der Waals surface area contributed by atoms with Crippen LogP contribution in [0.1, 0.15) is 35.1 Å². The highest BCUT2D eigenvalue weighted by molar-refractivity contribution is 5.56. The van der Waals surface area contributed by atoms with Crippen LogP contribution in [0.5, 0.6) is 23.0 Å². The van der Waals surface area contributed by atoms with E-state index in [1.807, 2.05) is 12.1 Å². The maximum atomic E-state index is 10.3. The van der Waals surface area contributed by atoms with Crippen LogP contribution in [0.4, 0.5) is 0 Å². The summed E-state index contributed by atoms with van der Waals surface area (Å²) in [6, 6.07) is 8.79. The first-order valence-electron chi connectivity index (χ1n) is 11.5. The van der Waals surface area contributed by atoms with Gasteiger partial charge in [0.1, 0.15) is 24.4 Å². The third-order valence-corrected chi connectivity index (χ3v) is 6.47. The number of aliphatic hydroxyl groups is 4. The first-order chi connectivity index (χ1) is 16.9. The van der Waals surface area contributed by atoms with Gasteiger partial charge < -0.3 is 49.2 Å². The summed E-state index contributed by atoms with van der Waals surface area (Å²) in [5.74, 6) is 1.01. The Hall–Kier alpha value is -2.60. The van der Waals surface area contributed by atoms with Gasteiger partial charge in [-0.05, 0) is 42.2 Å². The van der Waals surface area contributed by atoms with Crippen molar-refractivity contribution in [2.24, 2.45) is 0 Å². The number of benzene rings is 2. The summed E-state index contributed by atoms with van der Waals surface area (Å²) in [7, 11) is 3.01. The van der Waals surface area contributed by atoms with E-state index in [1.165, 1.54) is 13.2 Å². The van der Waals surface area contributed by atoms with Crippen molar-refractivity contribution in [2.45, 2.75) is 49.5 Å². The summed E-state index contributed by atoms with van der Waals surface area (Å²) < 4.78 is 28.6. The second-order valence-electron chi connectivity index (χ2n) is 8.66. The average molecular weight is 493 g/mol. The van der Waals surface area contributed by atoms with Gasteiger partial charge >= 0.3 is 0 Å². The monoisotopic (exact) mass is 492 g/mol. The molecule has 0 radical (unpaired) electrons. The van der Waals surface area contributed by atoms with Crippen molar-refractivity contribution in [3.05, 3.63) is 47.0 Å². The molecular weight excluding hydrogens is 460 g/mol. The van der Waals surface area contributed by atoms with Crippen LogP contribution >= 0.6 is 0 Å². The van der Waals surface area contributed by atoms with Gasteiger partial charge in [-0.1, -0.05) is 12.1 Å². The normalized spacial score (nSPS) is 27.5. The molecule has 0 saturated carbocycles. The fourth-order valence-corrected chi connectivity index (χ4v) is 4.59. The van der Waals surface area contributed by atoms with Crippen LogP contribution in [0, 0.1) is 0 Å². The third-order valence-electron chi connectivity index (χ3n) is 6.47. The zero-order valence-electron chi connectivity index (χ0n) is 19.7. The number of rotatable bonds is 10. The molecule has 5 N–H and O–H groups in total. The van der Waals surface area contributed by atoms with Gasteiger partial charge in [-0.2, -0.15) is 0 Å². The molecule has 2 aliphatic heterocycles. The minimum atomic E-state index is -1.31. The number of aromatic hydroxyl groups is 1. The summed E-state index contributed by atoms with van der Waals surface area (Å²) in [4.78, 5) is 0. The van der Waals surface area contributed by atoms with Crippen molar-refractivity contribution >= 4 is 0 Å². The topological polar surface area (TPSA) is 147 Å². The highest BCUT2D eigenvalue weighted by Crippen LogP contribution is 2.52.